The Kier molecular flexibility index (Phi) is 4.28. The maximum absolute atomic E-state index is 12.3. The van der Waals surface area contributed by atoms with Crippen LogP contribution in [0.3, 0.4) is 0 Å². The van der Waals surface area contributed by atoms with Gasteiger partial charge in [0, 0.05) is 38.0 Å². The molecule has 2 saturated heterocycles. The summed E-state index contributed by atoms with van der Waals surface area (Å²) < 4.78 is 5.60. The number of imidazole rings is 1. The van der Waals surface area contributed by atoms with Crippen LogP contribution >= 0.6 is 0 Å². The minimum absolute atomic E-state index is 0.224. The van der Waals surface area contributed by atoms with Gasteiger partial charge < -0.3 is 14.6 Å². The average molecular weight is 341 g/mol. The number of hydrogen-bond donors (Lipinski definition) is 1. The fourth-order valence-electron chi connectivity index (χ4n) is 4.20. The number of fused-ring (bicyclic) bond motifs is 1. The van der Waals surface area contributed by atoms with Crippen LogP contribution < -0.4 is 0 Å². The minimum atomic E-state index is 0.224. The molecule has 1 amide bonds. The van der Waals surface area contributed by atoms with Crippen LogP contribution in [-0.2, 0) is 16.0 Å². The Balaban J connectivity index is 1.38. The lowest BCUT2D eigenvalue weighted by molar-refractivity contribution is -0.137. The molecular weight excluding hydrogens is 314 g/mol. The van der Waals surface area contributed by atoms with E-state index in [-0.39, 0.29) is 5.41 Å². The predicted molar refractivity (Wildman–Crippen MR) is 97.6 cm³/mol. The topological polar surface area (TPSA) is 58.2 Å². The van der Waals surface area contributed by atoms with Crippen LogP contribution in [0.5, 0.6) is 0 Å². The monoisotopic (exact) mass is 341 g/mol. The van der Waals surface area contributed by atoms with Crippen molar-refractivity contribution in [1.29, 1.82) is 0 Å². The highest BCUT2D eigenvalue weighted by Gasteiger charge is 2.41. The molecule has 1 N–H and O–H groups in total. The second kappa shape index (κ2) is 6.45. The number of aryl methyl sites for hydroxylation is 3. The number of benzene rings is 1. The molecule has 2 aromatic rings. The lowest BCUT2D eigenvalue weighted by Gasteiger charge is -2.39. The number of carbonyl (C=O) groups is 1. The van der Waals surface area contributed by atoms with Gasteiger partial charge in [-0.2, -0.15) is 0 Å². The molecule has 0 saturated carbocycles. The van der Waals surface area contributed by atoms with Gasteiger partial charge in [0.15, 0.2) is 0 Å². The van der Waals surface area contributed by atoms with Crippen molar-refractivity contribution in [3.8, 4) is 0 Å². The smallest absolute Gasteiger partial charge is 0.222 e. The number of piperidine rings is 1. The Morgan fingerprint density at radius 1 is 1.32 bits per heavy atom. The van der Waals surface area contributed by atoms with Crippen molar-refractivity contribution in [2.45, 2.75) is 46.0 Å². The third kappa shape index (κ3) is 3.17. The molecule has 1 atom stereocenters. The first-order valence-electron chi connectivity index (χ1n) is 9.37. The summed E-state index contributed by atoms with van der Waals surface area (Å²) in [6.45, 7) is 7.59. The van der Waals surface area contributed by atoms with E-state index in [1.54, 1.807) is 0 Å². The predicted octanol–water partition coefficient (Wildman–Crippen LogP) is 3.14. The first kappa shape index (κ1) is 16.6. The molecule has 2 aliphatic rings. The number of amides is 1. The quantitative estimate of drug-likeness (QED) is 0.929. The Morgan fingerprint density at radius 3 is 3.00 bits per heavy atom. The van der Waals surface area contributed by atoms with E-state index in [4.69, 9.17) is 9.72 Å². The lowest BCUT2D eigenvalue weighted by atomic mass is 9.79. The van der Waals surface area contributed by atoms with E-state index >= 15 is 0 Å². The number of ether oxygens (including phenoxy) is 1. The van der Waals surface area contributed by atoms with E-state index < -0.39 is 0 Å². The molecule has 1 aromatic heterocycles. The van der Waals surface area contributed by atoms with Crippen LogP contribution in [-0.4, -0.2) is 47.1 Å². The van der Waals surface area contributed by atoms with Gasteiger partial charge in [0.05, 0.1) is 17.6 Å². The van der Waals surface area contributed by atoms with Gasteiger partial charge in [-0.15, -0.1) is 0 Å². The van der Waals surface area contributed by atoms with Crippen molar-refractivity contribution in [3.05, 3.63) is 29.1 Å². The normalized spacial score (nSPS) is 23.9. The SMILES string of the molecule is Cc1ccc2[nH]c(CCCN3CC4(CCOC4)CCC3=O)nc2c1C. The third-order valence-electron chi connectivity index (χ3n) is 6.00. The molecule has 5 nitrogen and oxygen atoms in total. The zero-order valence-electron chi connectivity index (χ0n) is 15.2. The molecule has 25 heavy (non-hydrogen) atoms. The van der Waals surface area contributed by atoms with Crippen LogP contribution in [0.15, 0.2) is 12.1 Å². The van der Waals surface area contributed by atoms with E-state index in [1.807, 2.05) is 0 Å². The molecule has 2 fully saturated rings. The average Bonchev–Trinajstić information content (AvgIpc) is 3.22. The summed E-state index contributed by atoms with van der Waals surface area (Å²) in [7, 11) is 0. The molecule has 1 aromatic carbocycles. The summed E-state index contributed by atoms with van der Waals surface area (Å²) in [5.74, 6) is 1.32. The number of aromatic amines is 1. The molecule has 3 heterocycles. The second-order valence-electron chi connectivity index (χ2n) is 7.81. The molecule has 0 bridgehead atoms. The number of hydrogen-bond acceptors (Lipinski definition) is 3. The van der Waals surface area contributed by atoms with Gasteiger partial charge in [0.25, 0.3) is 0 Å². The first-order valence-corrected chi connectivity index (χ1v) is 9.37. The number of likely N-dealkylation sites (tertiary alicyclic amines) is 1. The van der Waals surface area contributed by atoms with Gasteiger partial charge in [-0.3, -0.25) is 4.79 Å². The highest BCUT2D eigenvalue weighted by Crippen LogP contribution is 2.38. The highest BCUT2D eigenvalue weighted by molar-refractivity contribution is 5.80. The number of nitrogens with one attached hydrogen (secondary N) is 1. The van der Waals surface area contributed by atoms with E-state index in [0.29, 0.717) is 12.3 Å². The lowest BCUT2D eigenvalue weighted by Crippen LogP contribution is -2.47. The number of rotatable bonds is 4. The van der Waals surface area contributed by atoms with Crippen LogP contribution in [0.2, 0.25) is 0 Å². The molecule has 2 aliphatic heterocycles. The van der Waals surface area contributed by atoms with Gasteiger partial charge >= 0.3 is 0 Å². The molecule has 0 radical (unpaired) electrons. The van der Waals surface area contributed by atoms with Crippen molar-refractivity contribution in [1.82, 2.24) is 14.9 Å². The summed E-state index contributed by atoms with van der Waals surface area (Å²) in [5, 5.41) is 0. The number of nitrogens with zero attached hydrogens (tertiary/aromatic N) is 2. The molecular formula is C20H27N3O2. The maximum Gasteiger partial charge on any atom is 0.222 e. The van der Waals surface area contributed by atoms with Crippen LogP contribution in [0.4, 0.5) is 0 Å². The van der Waals surface area contributed by atoms with Gasteiger partial charge in [-0.1, -0.05) is 6.07 Å². The van der Waals surface area contributed by atoms with Gasteiger partial charge in [-0.05, 0) is 50.3 Å². The largest absolute Gasteiger partial charge is 0.381 e. The van der Waals surface area contributed by atoms with Crippen molar-refractivity contribution in [3.63, 3.8) is 0 Å². The van der Waals surface area contributed by atoms with Gasteiger partial charge in [0.1, 0.15) is 5.82 Å². The molecule has 1 unspecified atom stereocenters. The first-order chi connectivity index (χ1) is 12.1. The number of carbonyl (C=O) groups excluding carboxylic acids is 1. The van der Waals surface area contributed by atoms with E-state index in [0.717, 1.165) is 68.8 Å². The summed E-state index contributed by atoms with van der Waals surface area (Å²) in [5.41, 5.74) is 4.92. The van der Waals surface area contributed by atoms with Gasteiger partial charge in [0.2, 0.25) is 5.91 Å². The van der Waals surface area contributed by atoms with E-state index in [9.17, 15) is 4.79 Å². The Hall–Kier alpha value is -1.88. The van der Waals surface area contributed by atoms with Crippen molar-refractivity contribution >= 4 is 16.9 Å². The fraction of sp³-hybridized carbons (Fsp3) is 0.600. The third-order valence-corrected chi connectivity index (χ3v) is 6.00. The van der Waals surface area contributed by atoms with Gasteiger partial charge in [-0.25, -0.2) is 4.98 Å². The fourth-order valence-corrected chi connectivity index (χ4v) is 4.20. The van der Waals surface area contributed by atoms with E-state index in [2.05, 4.69) is 35.9 Å². The number of aromatic nitrogens is 2. The Bertz CT molecular complexity index is 790. The molecule has 1 spiro atoms. The molecule has 5 heteroatoms. The maximum atomic E-state index is 12.3. The van der Waals surface area contributed by atoms with Crippen molar-refractivity contribution in [2.75, 3.05) is 26.3 Å². The molecule has 0 aliphatic carbocycles. The van der Waals surface area contributed by atoms with Crippen molar-refractivity contribution in [2.24, 2.45) is 5.41 Å². The standard InChI is InChI=1S/C20H27N3O2/c1-14-5-6-16-19(15(14)2)22-17(21-16)4-3-10-23-12-20(8-7-18(23)24)9-11-25-13-20/h5-6H,3-4,7-13H2,1-2H3,(H,21,22). The molecule has 134 valence electrons. The van der Waals surface area contributed by atoms with Crippen LogP contribution in [0, 0.1) is 19.3 Å². The Morgan fingerprint density at radius 2 is 2.20 bits per heavy atom. The zero-order chi connectivity index (χ0) is 17.4. The highest BCUT2D eigenvalue weighted by atomic mass is 16.5. The summed E-state index contributed by atoms with van der Waals surface area (Å²) in [6.07, 6.45) is 4.58. The minimum Gasteiger partial charge on any atom is -0.381 e. The van der Waals surface area contributed by atoms with Crippen LogP contribution in [0.25, 0.3) is 11.0 Å². The zero-order valence-corrected chi connectivity index (χ0v) is 15.2. The number of H-pyrrole nitrogens is 1. The molecule has 4 rings (SSSR count). The summed E-state index contributed by atoms with van der Waals surface area (Å²) in [4.78, 5) is 22.5. The van der Waals surface area contributed by atoms with Crippen LogP contribution in [0.1, 0.15) is 42.6 Å². The van der Waals surface area contributed by atoms with Crippen molar-refractivity contribution < 1.29 is 9.53 Å². The second-order valence-corrected chi connectivity index (χ2v) is 7.81. The Labute approximate surface area is 148 Å². The summed E-state index contributed by atoms with van der Waals surface area (Å²) in [6, 6.07) is 4.24. The summed E-state index contributed by atoms with van der Waals surface area (Å²) >= 11 is 0. The van der Waals surface area contributed by atoms with E-state index in [1.165, 1.54) is 11.1 Å².